The molecule has 1 saturated carbocycles. The van der Waals surface area contributed by atoms with Gasteiger partial charge in [-0.3, -0.25) is 0 Å². The summed E-state index contributed by atoms with van der Waals surface area (Å²) >= 11 is 3.51. The van der Waals surface area contributed by atoms with Gasteiger partial charge in [0.2, 0.25) is 0 Å². The van der Waals surface area contributed by atoms with E-state index in [2.05, 4.69) is 27.3 Å². The fourth-order valence-corrected chi connectivity index (χ4v) is 2.44. The molecule has 20 heavy (non-hydrogen) atoms. The predicted molar refractivity (Wildman–Crippen MR) is 80.9 cm³/mol. The van der Waals surface area contributed by atoms with Gasteiger partial charge < -0.3 is 14.8 Å². The summed E-state index contributed by atoms with van der Waals surface area (Å²) < 4.78 is 12.1. The lowest BCUT2D eigenvalue weighted by molar-refractivity contribution is 0.248. The fourth-order valence-electron chi connectivity index (χ4n) is 1.85. The van der Waals surface area contributed by atoms with Crippen LogP contribution in [0.1, 0.15) is 32.3 Å². The number of nitrogens with one attached hydrogen (secondary N) is 1. The highest BCUT2D eigenvalue weighted by Crippen LogP contribution is 2.37. The van der Waals surface area contributed by atoms with Gasteiger partial charge in [0.1, 0.15) is 6.07 Å². The van der Waals surface area contributed by atoms with Gasteiger partial charge in [0, 0.05) is 12.6 Å². The largest absolute Gasteiger partial charge is 0.490 e. The van der Waals surface area contributed by atoms with Crippen LogP contribution in [0.3, 0.4) is 0 Å². The van der Waals surface area contributed by atoms with Gasteiger partial charge in [-0.05, 0) is 60.3 Å². The molecule has 0 bridgehead atoms. The van der Waals surface area contributed by atoms with E-state index in [1.165, 1.54) is 12.8 Å². The van der Waals surface area contributed by atoms with Crippen molar-refractivity contribution >= 4 is 15.9 Å². The van der Waals surface area contributed by atoms with Crippen LogP contribution in [0.15, 0.2) is 16.6 Å². The number of rotatable bonds is 7. The highest BCUT2D eigenvalue weighted by Gasteiger charge is 2.21. The van der Waals surface area contributed by atoms with Crippen molar-refractivity contribution in [2.24, 2.45) is 0 Å². The van der Waals surface area contributed by atoms with E-state index in [4.69, 9.17) is 14.7 Å². The first-order valence-electron chi connectivity index (χ1n) is 6.89. The predicted octanol–water partition coefficient (Wildman–Crippen LogP) is 3.39. The van der Waals surface area contributed by atoms with Crippen molar-refractivity contribution in [1.29, 1.82) is 5.26 Å². The van der Waals surface area contributed by atoms with E-state index in [0.29, 0.717) is 24.1 Å². The number of nitriles is 1. The molecule has 2 rings (SSSR count). The van der Waals surface area contributed by atoms with Crippen LogP contribution in [0.2, 0.25) is 0 Å². The van der Waals surface area contributed by atoms with E-state index in [1.807, 2.05) is 19.1 Å². The van der Waals surface area contributed by atoms with E-state index < -0.39 is 6.10 Å². The first-order valence-corrected chi connectivity index (χ1v) is 7.68. The molecule has 1 aromatic rings. The van der Waals surface area contributed by atoms with Crippen molar-refractivity contribution in [3.05, 3.63) is 22.2 Å². The van der Waals surface area contributed by atoms with E-state index in [0.717, 1.165) is 16.6 Å². The molecule has 0 amide bonds. The molecule has 1 N–H and O–H groups in total. The zero-order chi connectivity index (χ0) is 14.5. The quantitative estimate of drug-likeness (QED) is 0.827. The second kappa shape index (κ2) is 6.96. The highest BCUT2D eigenvalue weighted by molar-refractivity contribution is 9.10. The first-order chi connectivity index (χ1) is 9.63. The van der Waals surface area contributed by atoms with E-state index >= 15 is 0 Å². The van der Waals surface area contributed by atoms with Crippen LogP contribution in [0.5, 0.6) is 11.5 Å². The van der Waals surface area contributed by atoms with Gasteiger partial charge in [0.25, 0.3) is 0 Å². The minimum Gasteiger partial charge on any atom is -0.490 e. The Labute approximate surface area is 128 Å². The Balaban J connectivity index is 2.18. The van der Waals surface area contributed by atoms with Gasteiger partial charge in [0.05, 0.1) is 11.1 Å². The molecule has 0 aliphatic heterocycles. The summed E-state index contributed by atoms with van der Waals surface area (Å²) in [6.45, 7) is 5.02. The maximum Gasteiger partial charge on any atom is 0.181 e. The molecule has 4 nitrogen and oxygen atoms in total. The Kier molecular flexibility index (Phi) is 5.27. The van der Waals surface area contributed by atoms with Crippen molar-refractivity contribution in [3.8, 4) is 17.6 Å². The maximum absolute atomic E-state index is 8.87. The molecule has 1 fully saturated rings. The van der Waals surface area contributed by atoms with Gasteiger partial charge in [0.15, 0.2) is 17.6 Å². The Morgan fingerprint density at radius 1 is 1.50 bits per heavy atom. The standard InChI is InChI=1S/C15H19BrN2O2/c1-3-19-14-7-11(9-18-12-4-5-12)6-13(16)15(14)20-10(2)8-17/h6-7,10,12,18H,3-5,9H2,1-2H3. The molecule has 1 aliphatic carbocycles. The maximum atomic E-state index is 8.87. The first kappa shape index (κ1) is 15.1. The number of halogens is 1. The molecule has 1 atom stereocenters. The third-order valence-electron chi connectivity index (χ3n) is 3.02. The van der Waals surface area contributed by atoms with Crippen molar-refractivity contribution in [2.45, 2.75) is 45.4 Å². The summed E-state index contributed by atoms with van der Waals surface area (Å²) in [6, 6.07) is 6.71. The van der Waals surface area contributed by atoms with Crippen molar-refractivity contribution in [1.82, 2.24) is 5.32 Å². The van der Waals surface area contributed by atoms with Crippen LogP contribution >= 0.6 is 15.9 Å². The Hall–Kier alpha value is -1.25. The second-order valence-electron chi connectivity index (χ2n) is 4.88. The average molecular weight is 339 g/mol. The molecule has 0 radical (unpaired) electrons. The highest BCUT2D eigenvalue weighted by atomic mass is 79.9. The summed E-state index contributed by atoms with van der Waals surface area (Å²) in [6.07, 6.45) is 2.02. The van der Waals surface area contributed by atoms with Crippen molar-refractivity contribution in [3.63, 3.8) is 0 Å². The number of benzene rings is 1. The van der Waals surface area contributed by atoms with Crippen LogP contribution < -0.4 is 14.8 Å². The third-order valence-corrected chi connectivity index (χ3v) is 3.61. The van der Waals surface area contributed by atoms with Crippen LogP contribution in [0.25, 0.3) is 0 Å². The van der Waals surface area contributed by atoms with Crippen LogP contribution in [-0.2, 0) is 6.54 Å². The lowest BCUT2D eigenvalue weighted by atomic mass is 10.2. The number of nitrogens with zero attached hydrogens (tertiary/aromatic N) is 1. The smallest absolute Gasteiger partial charge is 0.181 e. The summed E-state index contributed by atoms with van der Waals surface area (Å²) in [5, 5.41) is 12.3. The van der Waals surface area contributed by atoms with Crippen LogP contribution in [0, 0.1) is 11.3 Å². The molecular formula is C15H19BrN2O2. The Bertz CT molecular complexity index is 509. The molecule has 1 unspecified atom stereocenters. The molecular weight excluding hydrogens is 320 g/mol. The molecule has 0 saturated heterocycles. The lowest BCUT2D eigenvalue weighted by Crippen LogP contribution is -2.16. The topological polar surface area (TPSA) is 54.3 Å². The summed E-state index contributed by atoms with van der Waals surface area (Å²) in [5.41, 5.74) is 1.14. The molecule has 1 aliphatic rings. The minimum atomic E-state index is -0.513. The number of ether oxygens (including phenoxy) is 2. The zero-order valence-electron chi connectivity index (χ0n) is 11.8. The van der Waals surface area contributed by atoms with Crippen molar-refractivity contribution in [2.75, 3.05) is 6.61 Å². The fraction of sp³-hybridized carbons (Fsp3) is 0.533. The molecule has 5 heteroatoms. The monoisotopic (exact) mass is 338 g/mol. The van der Waals surface area contributed by atoms with Crippen LogP contribution in [0.4, 0.5) is 0 Å². The molecule has 0 heterocycles. The normalized spacial score (nSPS) is 15.5. The minimum absolute atomic E-state index is 0.513. The van der Waals surface area contributed by atoms with E-state index in [-0.39, 0.29) is 0 Å². The van der Waals surface area contributed by atoms with E-state index in [1.54, 1.807) is 6.92 Å². The zero-order valence-corrected chi connectivity index (χ0v) is 13.4. The van der Waals surface area contributed by atoms with E-state index in [9.17, 15) is 0 Å². The van der Waals surface area contributed by atoms with Gasteiger partial charge >= 0.3 is 0 Å². The van der Waals surface area contributed by atoms with Crippen molar-refractivity contribution < 1.29 is 9.47 Å². The SMILES string of the molecule is CCOc1cc(CNC2CC2)cc(Br)c1OC(C)C#N. The van der Waals surface area contributed by atoms with Crippen LogP contribution in [-0.4, -0.2) is 18.8 Å². The molecule has 108 valence electrons. The molecule has 0 spiro atoms. The average Bonchev–Trinajstić information content (AvgIpc) is 3.24. The third kappa shape index (κ3) is 4.12. The number of hydrogen-bond acceptors (Lipinski definition) is 4. The molecule has 0 aromatic heterocycles. The Morgan fingerprint density at radius 3 is 2.85 bits per heavy atom. The van der Waals surface area contributed by atoms with Gasteiger partial charge in [-0.1, -0.05) is 0 Å². The summed E-state index contributed by atoms with van der Waals surface area (Å²) in [7, 11) is 0. The second-order valence-corrected chi connectivity index (χ2v) is 5.74. The lowest BCUT2D eigenvalue weighted by Gasteiger charge is -2.16. The van der Waals surface area contributed by atoms with Gasteiger partial charge in [-0.25, -0.2) is 0 Å². The summed E-state index contributed by atoms with van der Waals surface area (Å²) in [5.74, 6) is 1.27. The summed E-state index contributed by atoms with van der Waals surface area (Å²) in [4.78, 5) is 0. The number of hydrogen-bond donors (Lipinski definition) is 1. The van der Waals surface area contributed by atoms with Gasteiger partial charge in [-0.2, -0.15) is 5.26 Å². The Morgan fingerprint density at radius 2 is 2.25 bits per heavy atom. The molecule has 1 aromatic carbocycles. The van der Waals surface area contributed by atoms with Gasteiger partial charge in [-0.15, -0.1) is 0 Å².